The quantitative estimate of drug-likeness (QED) is 0.647. The fraction of sp³-hybridized carbons (Fsp3) is 1.00. The van der Waals surface area contributed by atoms with Crippen molar-refractivity contribution in [2.75, 3.05) is 0 Å². The van der Waals surface area contributed by atoms with Gasteiger partial charge in [-0.15, -0.1) is 0 Å². The standard InChI is InChI=1S/C10H18O/c11-10-4-2-1-3-9(10)7-8-5-6-8/h8-11H,1-7H2/t9-,10+/m0/s1. The van der Waals surface area contributed by atoms with Crippen LogP contribution in [0.5, 0.6) is 0 Å². The third-order valence-corrected chi connectivity index (χ3v) is 3.20. The first-order valence-corrected chi connectivity index (χ1v) is 5.04. The van der Waals surface area contributed by atoms with Gasteiger partial charge in [0.2, 0.25) is 0 Å². The topological polar surface area (TPSA) is 20.2 Å². The van der Waals surface area contributed by atoms with Crippen LogP contribution < -0.4 is 0 Å². The van der Waals surface area contributed by atoms with Gasteiger partial charge in [-0.2, -0.15) is 0 Å². The summed E-state index contributed by atoms with van der Waals surface area (Å²) in [5.74, 6) is 1.66. The van der Waals surface area contributed by atoms with E-state index in [0.29, 0.717) is 5.92 Å². The molecule has 0 bridgehead atoms. The van der Waals surface area contributed by atoms with E-state index >= 15 is 0 Å². The summed E-state index contributed by atoms with van der Waals surface area (Å²) in [5.41, 5.74) is 0. The maximum atomic E-state index is 9.65. The first kappa shape index (κ1) is 7.60. The molecule has 0 radical (unpaired) electrons. The Labute approximate surface area is 68.8 Å². The molecule has 11 heavy (non-hydrogen) atoms. The molecule has 0 unspecified atom stereocenters. The average molecular weight is 154 g/mol. The van der Waals surface area contributed by atoms with Crippen molar-refractivity contribution in [1.29, 1.82) is 0 Å². The lowest BCUT2D eigenvalue weighted by Crippen LogP contribution is -2.24. The highest BCUT2D eigenvalue weighted by molar-refractivity contribution is 4.82. The Morgan fingerprint density at radius 3 is 2.36 bits per heavy atom. The number of rotatable bonds is 2. The van der Waals surface area contributed by atoms with Crippen molar-refractivity contribution >= 4 is 0 Å². The van der Waals surface area contributed by atoms with Gasteiger partial charge in [-0.1, -0.05) is 25.7 Å². The predicted molar refractivity (Wildman–Crippen MR) is 45.3 cm³/mol. The first-order chi connectivity index (χ1) is 5.36. The van der Waals surface area contributed by atoms with Crippen LogP contribution in [-0.4, -0.2) is 11.2 Å². The SMILES string of the molecule is O[C@@H]1CCCC[C@H]1CC1CC1. The predicted octanol–water partition coefficient (Wildman–Crippen LogP) is 2.34. The van der Waals surface area contributed by atoms with Crippen molar-refractivity contribution in [3.63, 3.8) is 0 Å². The van der Waals surface area contributed by atoms with Crippen molar-refractivity contribution < 1.29 is 5.11 Å². The lowest BCUT2D eigenvalue weighted by atomic mass is 9.83. The second-order valence-corrected chi connectivity index (χ2v) is 4.29. The van der Waals surface area contributed by atoms with E-state index in [9.17, 15) is 5.11 Å². The second kappa shape index (κ2) is 3.14. The van der Waals surface area contributed by atoms with Crippen LogP contribution in [0.1, 0.15) is 44.9 Å². The molecule has 2 saturated carbocycles. The monoisotopic (exact) mass is 154 g/mol. The molecule has 0 aromatic heterocycles. The van der Waals surface area contributed by atoms with Gasteiger partial charge in [-0.25, -0.2) is 0 Å². The Bertz CT molecular complexity index is 129. The second-order valence-electron chi connectivity index (χ2n) is 4.29. The van der Waals surface area contributed by atoms with E-state index in [4.69, 9.17) is 0 Å². The van der Waals surface area contributed by atoms with Gasteiger partial charge in [-0.3, -0.25) is 0 Å². The smallest absolute Gasteiger partial charge is 0.0568 e. The fourth-order valence-corrected chi connectivity index (χ4v) is 2.24. The Balaban J connectivity index is 1.78. The van der Waals surface area contributed by atoms with Gasteiger partial charge in [0.1, 0.15) is 0 Å². The summed E-state index contributed by atoms with van der Waals surface area (Å²) in [4.78, 5) is 0. The maximum Gasteiger partial charge on any atom is 0.0568 e. The molecular weight excluding hydrogens is 136 g/mol. The zero-order valence-electron chi connectivity index (χ0n) is 7.13. The minimum atomic E-state index is 0.0457. The van der Waals surface area contributed by atoms with E-state index in [1.54, 1.807) is 0 Å². The van der Waals surface area contributed by atoms with E-state index in [0.717, 1.165) is 12.3 Å². The number of aliphatic hydroxyl groups excluding tert-OH is 1. The van der Waals surface area contributed by atoms with Crippen LogP contribution in [0.4, 0.5) is 0 Å². The molecule has 0 spiro atoms. The van der Waals surface area contributed by atoms with Gasteiger partial charge in [0, 0.05) is 0 Å². The minimum absolute atomic E-state index is 0.0457. The van der Waals surface area contributed by atoms with Gasteiger partial charge < -0.3 is 5.11 Å². The molecule has 0 aromatic carbocycles. The van der Waals surface area contributed by atoms with Crippen molar-refractivity contribution in [3.8, 4) is 0 Å². The van der Waals surface area contributed by atoms with Crippen LogP contribution in [0.3, 0.4) is 0 Å². The van der Waals surface area contributed by atoms with E-state index in [-0.39, 0.29) is 6.10 Å². The van der Waals surface area contributed by atoms with Gasteiger partial charge in [-0.05, 0) is 31.1 Å². The highest BCUT2D eigenvalue weighted by atomic mass is 16.3. The molecule has 0 amide bonds. The molecule has 1 N–H and O–H groups in total. The molecule has 0 aromatic rings. The summed E-state index contributed by atoms with van der Waals surface area (Å²) < 4.78 is 0. The molecule has 1 nitrogen and oxygen atoms in total. The normalized spacial score (nSPS) is 39.0. The van der Waals surface area contributed by atoms with Crippen LogP contribution in [0.2, 0.25) is 0 Å². The first-order valence-electron chi connectivity index (χ1n) is 5.04. The average Bonchev–Trinajstić information content (AvgIpc) is 2.78. The summed E-state index contributed by atoms with van der Waals surface area (Å²) in [6, 6.07) is 0. The Morgan fingerprint density at radius 2 is 1.73 bits per heavy atom. The molecule has 0 saturated heterocycles. The number of hydrogen-bond acceptors (Lipinski definition) is 1. The summed E-state index contributed by atoms with van der Waals surface area (Å²) in [5, 5.41) is 9.65. The van der Waals surface area contributed by atoms with Gasteiger partial charge >= 0.3 is 0 Å². The zero-order valence-corrected chi connectivity index (χ0v) is 7.13. The van der Waals surface area contributed by atoms with E-state index in [1.165, 1.54) is 38.5 Å². The fourth-order valence-electron chi connectivity index (χ4n) is 2.24. The van der Waals surface area contributed by atoms with Crippen molar-refractivity contribution in [2.45, 2.75) is 51.0 Å². The molecule has 0 heterocycles. The molecular formula is C10H18O. The maximum absolute atomic E-state index is 9.65. The van der Waals surface area contributed by atoms with Crippen LogP contribution >= 0.6 is 0 Å². The molecule has 2 fully saturated rings. The summed E-state index contributed by atoms with van der Waals surface area (Å²) in [7, 11) is 0. The summed E-state index contributed by atoms with van der Waals surface area (Å²) in [6.45, 7) is 0. The molecule has 2 atom stereocenters. The molecule has 0 aliphatic heterocycles. The van der Waals surface area contributed by atoms with Gasteiger partial charge in [0.25, 0.3) is 0 Å². The van der Waals surface area contributed by atoms with E-state index in [1.807, 2.05) is 0 Å². The van der Waals surface area contributed by atoms with Crippen molar-refractivity contribution in [1.82, 2.24) is 0 Å². The lowest BCUT2D eigenvalue weighted by Gasteiger charge is -2.27. The van der Waals surface area contributed by atoms with Crippen LogP contribution in [0.25, 0.3) is 0 Å². The Hall–Kier alpha value is -0.0400. The molecule has 2 aliphatic carbocycles. The van der Waals surface area contributed by atoms with Crippen LogP contribution in [0.15, 0.2) is 0 Å². The van der Waals surface area contributed by atoms with Crippen LogP contribution in [-0.2, 0) is 0 Å². The van der Waals surface area contributed by atoms with Gasteiger partial charge in [0.05, 0.1) is 6.10 Å². The minimum Gasteiger partial charge on any atom is -0.393 e. The Morgan fingerprint density at radius 1 is 1.00 bits per heavy atom. The van der Waals surface area contributed by atoms with Gasteiger partial charge in [0.15, 0.2) is 0 Å². The van der Waals surface area contributed by atoms with E-state index in [2.05, 4.69) is 0 Å². The molecule has 1 heteroatoms. The molecule has 2 rings (SSSR count). The molecule has 64 valence electrons. The lowest BCUT2D eigenvalue weighted by molar-refractivity contribution is 0.0623. The number of aliphatic hydroxyl groups is 1. The highest BCUT2D eigenvalue weighted by Gasteiger charge is 2.30. The summed E-state index contributed by atoms with van der Waals surface area (Å²) in [6.07, 6.45) is 9.20. The molecule has 2 aliphatic rings. The third kappa shape index (κ3) is 1.96. The van der Waals surface area contributed by atoms with Crippen molar-refractivity contribution in [2.24, 2.45) is 11.8 Å². The largest absolute Gasteiger partial charge is 0.393 e. The zero-order chi connectivity index (χ0) is 7.68. The van der Waals surface area contributed by atoms with E-state index < -0.39 is 0 Å². The summed E-state index contributed by atoms with van der Waals surface area (Å²) >= 11 is 0. The third-order valence-electron chi connectivity index (χ3n) is 3.20. The highest BCUT2D eigenvalue weighted by Crippen LogP contribution is 2.39. The number of hydrogen-bond donors (Lipinski definition) is 1. The van der Waals surface area contributed by atoms with Crippen LogP contribution in [0, 0.1) is 11.8 Å². The Kier molecular flexibility index (Phi) is 2.17. The van der Waals surface area contributed by atoms with Crippen molar-refractivity contribution in [3.05, 3.63) is 0 Å².